The summed E-state index contributed by atoms with van der Waals surface area (Å²) in [6, 6.07) is 3.65. The number of nitrogens with one attached hydrogen (secondary N) is 1. The summed E-state index contributed by atoms with van der Waals surface area (Å²) >= 11 is 3.37. The van der Waals surface area contributed by atoms with Crippen LogP contribution >= 0.6 is 15.9 Å². The van der Waals surface area contributed by atoms with Crippen LogP contribution in [0.4, 0.5) is 0 Å². The molecule has 0 fully saturated rings. The zero-order valence-corrected chi connectivity index (χ0v) is 10.3. The lowest BCUT2D eigenvalue weighted by Crippen LogP contribution is -2.08. The van der Waals surface area contributed by atoms with Gasteiger partial charge in [-0.05, 0) is 28.9 Å². The Hall–Kier alpha value is -0.780. The fourth-order valence-electron chi connectivity index (χ4n) is 1.25. The molecule has 0 aliphatic rings. The van der Waals surface area contributed by atoms with Gasteiger partial charge in [-0.1, -0.05) is 0 Å². The Morgan fingerprint density at radius 1 is 1.40 bits per heavy atom. The first kappa shape index (κ1) is 12.3. The van der Waals surface area contributed by atoms with Crippen molar-refractivity contribution in [2.45, 2.75) is 13.5 Å². The van der Waals surface area contributed by atoms with Gasteiger partial charge < -0.3 is 14.7 Å². The van der Waals surface area contributed by atoms with Crippen LogP contribution in [0.3, 0.4) is 0 Å². The van der Waals surface area contributed by atoms with Crippen LogP contribution < -0.4 is 15.0 Å². The quantitative estimate of drug-likeness (QED) is 0.810. The Bertz CT molecular complexity index is 331. The number of hydroxylamine groups is 1. The summed E-state index contributed by atoms with van der Waals surface area (Å²) in [5, 5.41) is 8.68. The maximum absolute atomic E-state index is 8.68. The fraction of sp³-hybridized carbons (Fsp3) is 0.400. The summed E-state index contributed by atoms with van der Waals surface area (Å²) in [7, 11) is 1.60. The third-order valence-electron chi connectivity index (χ3n) is 1.90. The van der Waals surface area contributed by atoms with Crippen LogP contribution in [-0.2, 0) is 6.54 Å². The van der Waals surface area contributed by atoms with Crippen molar-refractivity contribution in [1.29, 1.82) is 0 Å². The molecular formula is C10H14BrNO3. The van der Waals surface area contributed by atoms with E-state index in [-0.39, 0.29) is 0 Å². The van der Waals surface area contributed by atoms with Gasteiger partial charge in [-0.25, -0.2) is 5.48 Å². The van der Waals surface area contributed by atoms with Crippen molar-refractivity contribution < 1.29 is 14.7 Å². The standard InChI is InChI=1S/C10H14BrNO3/c1-3-15-9-5-10(14-2)8(11)4-7(9)6-12-13/h4-5,12-13H,3,6H2,1-2H3. The second-order valence-electron chi connectivity index (χ2n) is 2.86. The smallest absolute Gasteiger partial charge is 0.136 e. The van der Waals surface area contributed by atoms with E-state index in [0.29, 0.717) is 24.7 Å². The van der Waals surface area contributed by atoms with Gasteiger partial charge in [-0.15, -0.1) is 0 Å². The lowest BCUT2D eigenvalue weighted by molar-refractivity contribution is 0.159. The third-order valence-corrected chi connectivity index (χ3v) is 2.52. The maximum atomic E-state index is 8.68. The molecule has 0 bridgehead atoms. The zero-order chi connectivity index (χ0) is 11.3. The molecule has 1 aromatic carbocycles. The van der Waals surface area contributed by atoms with E-state index in [1.54, 1.807) is 13.2 Å². The van der Waals surface area contributed by atoms with Gasteiger partial charge in [0.05, 0.1) is 18.2 Å². The molecule has 0 aromatic heterocycles. The van der Waals surface area contributed by atoms with E-state index in [1.165, 1.54) is 0 Å². The summed E-state index contributed by atoms with van der Waals surface area (Å²) in [4.78, 5) is 0. The van der Waals surface area contributed by atoms with Gasteiger partial charge in [0.15, 0.2) is 0 Å². The average molecular weight is 276 g/mol. The SMILES string of the molecule is CCOc1cc(OC)c(Br)cc1CNO. The Balaban J connectivity index is 3.07. The van der Waals surface area contributed by atoms with Gasteiger partial charge in [0.2, 0.25) is 0 Å². The minimum absolute atomic E-state index is 0.331. The molecule has 5 heteroatoms. The summed E-state index contributed by atoms with van der Waals surface area (Å²) in [6.45, 7) is 2.81. The molecule has 1 rings (SSSR count). The van der Waals surface area contributed by atoms with Crippen molar-refractivity contribution >= 4 is 15.9 Å². The van der Waals surface area contributed by atoms with Crippen molar-refractivity contribution in [3.8, 4) is 11.5 Å². The molecular weight excluding hydrogens is 262 g/mol. The minimum atomic E-state index is 0.331. The normalized spacial score (nSPS) is 10.1. The first-order valence-corrected chi connectivity index (χ1v) is 5.38. The van der Waals surface area contributed by atoms with Gasteiger partial charge in [0, 0.05) is 18.2 Å². The van der Waals surface area contributed by atoms with Crippen LogP contribution in [0.5, 0.6) is 11.5 Å². The summed E-state index contributed by atoms with van der Waals surface area (Å²) in [6.07, 6.45) is 0. The molecule has 1 aromatic rings. The highest BCUT2D eigenvalue weighted by atomic mass is 79.9. The summed E-state index contributed by atoms with van der Waals surface area (Å²) < 4.78 is 11.4. The van der Waals surface area contributed by atoms with Crippen molar-refractivity contribution in [3.05, 3.63) is 22.2 Å². The Morgan fingerprint density at radius 2 is 2.13 bits per heavy atom. The second-order valence-corrected chi connectivity index (χ2v) is 3.72. The Kier molecular flexibility index (Phi) is 4.87. The lowest BCUT2D eigenvalue weighted by Gasteiger charge is -2.12. The van der Waals surface area contributed by atoms with Crippen molar-refractivity contribution in [2.75, 3.05) is 13.7 Å². The van der Waals surface area contributed by atoms with Gasteiger partial charge in [-0.3, -0.25) is 0 Å². The molecule has 2 N–H and O–H groups in total. The number of ether oxygens (including phenoxy) is 2. The van der Waals surface area contributed by atoms with Crippen LogP contribution in [0.2, 0.25) is 0 Å². The molecule has 0 atom stereocenters. The van der Waals surface area contributed by atoms with Crippen molar-refractivity contribution in [1.82, 2.24) is 5.48 Å². The van der Waals surface area contributed by atoms with Gasteiger partial charge in [0.25, 0.3) is 0 Å². The van der Waals surface area contributed by atoms with E-state index < -0.39 is 0 Å². The van der Waals surface area contributed by atoms with Crippen LogP contribution in [0.15, 0.2) is 16.6 Å². The molecule has 0 aliphatic carbocycles. The van der Waals surface area contributed by atoms with Crippen molar-refractivity contribution in [2.24, 2.45) is 0 Å². The molecule has 0 amide bonds. The van der Waals surface area contributed by atoms with Crippen LogP contribution in [0.1, 0.15) is 12.5 Å². The van der Waals surface area contributed by atoms with Crippen LogP contribution in [0, 0.1) is 0 Å². The number of benzene rings is 1. The van der Waals surface area contributed by atoms with E-state index in [2.05, 4.69) is 21.4 Å². The second kappa shape index (κ2) is 5.95. The van der Waals surface area contributed by atoms with E-state index in [9.17, 15) is 0 Å². The summed E-state index contributed by atoms with van der Waals surface area (Å²) in [5.41, 5.74) is 2.97. The number of methoxy groups -OCH3 is 1. The Morgan fingerprint density at radius 3 is 2.67 bits per heavy atom. The minimum Gasteiger partial charge on any atom is -0.495 e. The highest BCUT2D eigenvalue weighted by Crippen LogP contribution is 2.32. The molecule has 15 heavy (non-hydrogen) atoms. The number of hydrogen-bond acceptors (Lipinski definition) is 4. The molecule has 0 aliphatic heterocycles. The van der Waals surface area contributed by atoms with Crippen LogP contribution in [0.25, 0.3) is 0 Å². The molecule has 0 spiro atoms. The largest absolute Gasteiger partial charge is 0.495 e. The van der Waals surface area contributed by atoms with Crippen molar-refractivity contribution in [3.63, 3.8) is 0 Å². The topological polar surface area (TPSA) is 50.7 Å². The van der Waals surface area contributed by atoms with Gasteiger partial charge in [-0.2, -0.15) is 0 Å². The molecule has 0 heterocycles. The lowest BCUT2D eigenvalue weighted by atomic mass is 10.2. The molecule has 4 nitrogen and oxygen atoms in total. The van der Waals surface area contributed by atoms with E-state index in [0.717, 1.165) is 10.0 Å². The molecule has 0 saturated heterocycles. The van der Waals surface area contributed by atoms with E-state index >= 15 is 0 Å². The maximum Gasteiger partial charge on any atom is 0.136 e. The Labute approximate surface area is 97.3 Å². The molecule has 0 radical (unpaired) electrons. The zero-order valence-electron chi connectivity index (χ0n) is 8.71. The molecule has 84 valence electrons. The first-order chi connectivity index (χ1) is 7.22. The van der Waals surface area contributed by atoms with Gasteiger partial charge in [0.1, 0.15) is 11.5 Å². The molecule has 0 saturated carbocycles. The monoisotopic (exact) mass is 275 g/mol. The summed E-state index contributed by atoms with van der Waals surface area (Å²) in [5.74, 6) is 1.42. The highest BCUT2D eigenvalue weighted by Gasteiger charge is 2.09. The van der Waals surface area contributed by atoms with Gasteiger partial charge >= 0.3 is 0 Å². The number of hydrogen-bond donors (Lipinski definition) is 2. The predicted molar refractivity (Wildman–Crippen MR) is 60.5 cm³/mol. The predicted octanol–water partition coefficient (Wildman–Crippen LogP) is 2.34. The first-order valence-electron chi connectivity index (χ1n) is 4.59. The number of rotatable bonds is 5. The third kappa shape index (κ3) is 3.09. The number of halogens is 1. The van der Waals surface area contributed by atoms with Crippen LogP contribution in [-0.4, -0.2) is 18.9 Å². The average Bonchev–Trinajstić information content (AvgIpc) is 2.22. The van der Waals surface area contributed by atoms with E-state index in [4.69, 9.17) is 14.7 Å². The molecule has 0 unspecified atom stereocenters. The van der Waals surface area contributed by atoms with E-state index in [1.807, 2.05) is 13.0 Å². The highest BCUT2D eigenvalue weighted by molar-refractivity contribution is 9.10. The fourth-order valence-corrected chi connectivity index (χ4v) is 1.80.